The Kier molecular flexibility index (Phi) is 5.87. The van der Waals surface area contributed by atoms with Crippen LogP contribution in [0.1, 0.15) is 20.3 Å². The van der Waals surface area contributed by atoms with E-state index in [1.807, 2.05) is 6.92 Å². The minimum absolute atomic E-state index is 0.0777. The molecule has 0 radical (unpaired) electrons. The van der Waals surface area contributed by atoms with Gasteiger partial charge in [-0.1, -0.05) is 0 Å². The number of hydrogen-bond donors (Lipinski definition) is 2. The topological polar surface area (TPSA) is 75.4 Å². The zero-order chi connectivity index (χ0) is 11.1. The standard InChI is InChI=1S/C9H19N3O2/c1-4-12(6-8(13)11-3)9(14)5-7(2)10/h7H,4-6,10H2,1-3H3,(H,11,13). The number of carbonyl (C=O) groups is 2. The van der Waals surface area contributed by atoms with Crippen LogP contribution in [0.2, 0.25) is 0 Å². The zero-order valence-electron chi connectivity index (χ0n) is 9.04. The molecule has 0 rings (SSSR count). The van der Waals surface area contributed by atoms with E-state index in [-0.39, 0.29) is 30.8 Å². The molecule has 0 spiro atoms. The summed E-state index contributed by atoms with van der Waals surface area (Å²) in [4.78, 5) is 24.0. The number of amides is 2. The summed E-state index contributed by atoms with van der Waals surface area (Å²) in [5, 5.41) is 2.47. The Labute approximate surface area is 84.6 Å². The van der Waals surface area contributed by atoms with E-state index >= 15 is 0 Å². The van der Waals surface area contributed by atoms with Crippen molar-refractivity contribution in [2.24, 2.45) is 5.73 Å². The van der Waals surface area contributed by atoms with E-state index in [0.29, 0.717) is 6.54 Å². The van der Waals surface area contributed by atoms with E-state index in [4.69, 9.17) is 5.73 Å². The molecular weight excluding hydrogens is 182 g/mol. The van der Waals surface area contributed by atoms with Gasteiger partial charge in [0.1, 0.15) is 0 Å². The molecular formula is C9H19N3O2. The lowest BCUT2D eigenvalue weighted by Gasteiger charge is -2.20. The molecule has 5 nitrogen and oxygen atoms in total. The molecule has 5 heteroatoms. The third-order valence-corrected chi connectivity index (χ3v) is 1.84. The van der Waals surface area contributed by atoms with Crippen LogP contribution in [0.3, 0.4) is 0 Å². The fourth-order valence-electron chi connectivity index (χ4n) is 1.03. The van der Waals surface area contributed by atoms with Gasteiger partial charge in [0.25, 0.3) is 0 Å². The van der Waals surface area contributed by atoms with Crippen molar-refractivity contribution in [2.45, 2.75) is 26.3 Å². The Bertz CT molecular complexity index is 204. The van der Waals surface area contributed by atoms with Gasteiger partial charge in [-0.25, -0.2) is 0 Å². The molecule has 1 unspecified atom stereocenters. The molecule has 0 bridgehead atoms. The molecule has 14 heavy (non-hydrogen) atoms. The summed E-state index contributed by atoms with van der Waals surface area (Å²) >= 11 is 0. The van der Waals surface area contributed by atoms with Crippen molar-refractivity contribution in [3.63, 3.8) is 0 Å². The van der Waals surface area contributed by atoms with E-state index in [1.54, 1.807) is 14.0 Å². The molecule has 0 aliphatic rings. The van der Waals surface area contributed by atoms with Crippen molar-refractivity contribution in [1.29, 1.82) is 0 Å². The number of nitrogens with one attached hydrogen (secondary N) is 1. The Morgan fingerprint density at radius 3 is 2.43 bits per heavy atom. The van der Waals surface area contributed by atoms with E-state index in [0.717, 1.165) is 0 Å². The molecule has 0 aromatic rings. The van der Waals surface area contributed by atoms with Gasteiger partial charge in [0.2, 0.25) is 11.8 Å². The fraction of sp³-hybridized carbons (Fsp3) is 0.778. The minimum atomic E-state index is -0.166. The lowest BCUT2D eigenvalue weighted by atomic mass is 10.2. The Hall–Kier alpha value is -1.10. The summed E-state index contributed by atoms with van der Waals surface area (Å²) in [5.74, 6) is -0.240. The zero-order valence-corrected chi connectivity index (χ0v) is 9.04. The van der Waals surface area contributed by atoms with E-state index in [1.165, 1.54) is 4.90 Å². The second kappa shape index (κ2) is 6.37. The molecule has 3 N–H and O–H groups in total. The average molecular weight is 201 g/mol. The first kappa shape index (κ1) is 12.9. The maximum Gasteiger partial charge on any atom is 0.239 e. The van der Waals surface area contributed by atoms with Crippen LogP contribution < -0.4 is 11.1 Å². The average Bonchev–Trinajstić information content (AvgIpc) is 2.12. The quantitative estimate of drug-likeness (QED) is 0.618. The van der Waals surface area contributed by atoms with Crippen LogP contribution in [-0.4, -0.2) is 42.9 Å². The fourth-order valence-corrected chi connectivity index (χ4v) is 1.03. The predicted octanol–water partition coefficient (Wildman–Crippen LogP) is -0.682. The predicted molar refractivity (Wildman–Crippen MR) is 54.6 cm³/mol. The van der Waals surface area contributed by atoms with E-state index < -0.39 is 0 Å². The SMILES string of the molecule is CCN(CC(=O)NC)C(=O)CC(C)N. The van der Waals surface area contributed by atoms with E-state index in [2.05, 4.69) is 5.32 Å². The number of nitrogens with zero attached hydrogens (tertiary/aromatic N) is 1. The Balaban J connectivity index is 4.12. The second-order valence-electron chi connectivity index (χ2n) is 3.26. The first-order chi connectivity index (χ1) is 6.51. The van der Waals surface area contributed by atoms with Gasteiger partial charge in [0.05, 0.1) is 6.54 Å². The molecule has 0 heterocycles. The van der Waals surface area contributed by atoms with Gasteiger partial charge in [0, 0.05) is 26.1 Å². The number of nitrogens with two attached hydrogens (primary N) is 1. The Morgan fingerprint density at radius 1 is 1.50 bits per heavy atom. The molecule has 0 fully saturated rings. The van der Waals surface area contributed by atoms with Crippen LogP contribution in [0.5, 0.6) is 0 Å². The van der Waals surface area contributed by atoms with Crippen molar-refractivity contribution >= 4 is 11.8 Å². The van der Waals surface area contributed by atoms with Crippen molar-refractivity contribution in [2.75, 3.05) is 20.1 Å². The van der Waals surface area contributed by atoms with Crippen LogP contribution in [-0.2, 0) is 9.59 Å². The maximum atomic E-state index is 11.5. The molecule has 0 aromatic carbocycles. The lowest BCUT2D eigenvalue weighted by molar-refractivity contribution is -0.135. The van der Waals surface area contributed by atoms with Gasteiger partial charge in [0.15, 0.2) is 0 Å². The van der Waals surface area contributed by atoms with Crippen LogP contribution >= 0.6 is 0 Å². The van der Waals surface area contributed by atoms with Crippen LogP contribution in [0.4, 0.5) is 0 Å². The number of carbonyl (C=O) groups excluding carboxylic acids is 2. The highest BCUT2D eigenvalue weighted by Crippen LogP contribution is 1.96. The third-order valence-electron chi connectivity index (χ3n) is 1.84. The molecule has 2 amide bonds. The molecule has 0 saturated heterocycles. The van der Waals surface area contributed by atoms with Gasteiger partial charge in [-0.2, -0.15) is 0 Å². The normalized spacial score (nSPS) is 12.0. The maximum absolute atomic E-state index is 11.5. The molecule has 0 aliphatic heterocycles. The number of likely N-dealkylation sites (N-methyl/N-ethyl adjacent to an activating group) is 2. The molecule has 1 atom stereocenters. The highest BCUT2D eigenvalue weighted by Gasteiger charge is 2.15. The van der Waals surface area contributed by atoms with Crippen LogP contribution in [0.15, 0.2) is 0 Å². The first-order valence-electron chi connectivity index (χ1n) is 4.75. The summed E-state index contributed by atoms with van der Waals surface area (Å²) in [6.45, 7) is 4.24. The highest BCUT2D eigenvalue weighted by molar-refractivity contribution is 5.84. The molecule has 0 aromatic heterocycles. The summed E-state index contributed by atoms with van der Waals surface area (Å²) in [6.07, 6.45) is 0.283. The van der Waals surface area contributed by atoms with Gasteiger partial charge < -0.3 is 16.0 Å². The highest BCUT2D eigenvalue weighted by atomic mass is 16.2. The van der Waals surface area contributed by atoms with Crippen molar-refractivity contribution < 1.29 is 9.59 Å². The van der Waals surface area contributed by atoms with Gasteiger partial charge in [-0.3, -0.25) is 9.59 Å². The number of hydrogen-bond acceptors (Lipinski definition) is 3. The van der Waals surface area contributed by atoms with Gasteiger partial charge in [-0.05, 0) is 13.8 Å². The van der Waals surface area contributed by atoms with Crippen molar-refractivity contribution in [3.05, 3.63) is 0 Å². The van der Waals surface area contributed by atoms with Crippen LogP contribution in [0, 0.1) is 0 Å². The molecule has 0 saturated carbocycles. The largest absolute Gasteiger partial charge is 0.358 e. The molecule has 82 valence electrons. The van der Waals surface area contributed by atoms with Gasteiger partial charge in [-0.15, -0.1) is 0 Å². The Morgan fingerprint density at radius 2 is 2.07 bits per heavy atom. The smallest absolute Gasteiger partial charge is 0.239 e. The third kappa shape index (κ3) is 4.81. The number of rotatable bonds is 5. The van der Waals surface area contributed by atoms with Crippen molar-refractivity contribution in [1.82, 2.24) is 10.2 Å². The van der Waals surface area contributed by atoms with Gasteiger partial charge >= 0.3 is 0 Å². The lowest BCUT2D eigenvalue weighted by Crippen LogP contribution is -2.41. The summed E-state index contributed by atoms with van der Waals surface area (Å²) in [6, 6.07) is -0.166. The molecule has 0 aliphatic carbocycles. The minimum Gasteiger partial charge on any atom is -0.358 e. The van der Waals surface area contributed by atoms with Crippen molar-refractivity contribution in [3.8, 4) is 0 Å². The summed E-state index contributed by atoms with van der Waals surface area (Å²) < 4.78 is 0. The first-order valence-corrected chi connectivity index (χ1v) is 4.75. The summed E-state index contributed by atoms with van der Waals surface area (Å²) in [5.41, 5.74) is 5.50. The summed E-state index contributed by atoms with van der Waals surface area (Å²) in [7, 11) is 1.55. The van der Waals surface area contributed by atoms with E-state index in [9.17, 15) is 9.59 Å². The monoisotopic (exact) mass is 201 g/mol. The van der Waals surface area contributed by atoms with Crippen LogP contribution in [0.25, 0.3) is 0 Å². The second-order valence-corrected chi connectivity index (χ2v) is 3.26.